The lowest BCUT2D eigenvalue weighted by molar-refractivity contribution is -0.0130. The summed E-state index contributed by atoms with van der Waals surface area (Å²) in [7, 11) is 0. The maximum atomic E-state index is 4.82. The Morgan fingerprint density at radius 2 is 1.87 bits per heavy atom. The van der Waals surface area contributed by atoms with Gasteiger partial charge in [0.15, 0.2) is 0 Å². The Morgan fingerprint density at radius 3 is 2.48 bits per heavy atom. The van der Waals surface area contributed by atoms with Gasteiger partial charge in [0.05, 0.1) is 17.1 Å². The molecule has 23 heavy (non-hydrogen) atoms. The van der Waals surface area contributed by atoms with Crippen molar-refractivity contribution in [1.82, 2.24) is 10.3 Å². The summed E-state index contributed by atoms with van der Waals surface area (Å²) in [5.41, 5.74) is 4.87. The van der Waals surface area contributed by atoms with Gasteiger partial charge in [-0.25, -0.2) is 4.99 Å². The first kappa shape index (κ1) is 13.6. The summed E-state index contributed by atoms with van der Waals surface area (Å²) in [5, 5.41) is 3.85. The minimum absolute atomic E-state index is 0.368. The van der Waals surface area contributed by atoms with E-state index in [9.17, 15) is 0 Å². The topological polar surface area (TPSA) is 40.2 Å². The summed E-state index contributed by atoms with van der Waals surface area (Å²) in [4.78, 5) is 8.07. The van der Waals surface area contributed by atoms with E-state index in [4.69, 9.17) is 4.99 Å². The maximum Gasteiger partial charge on any atom is 0.0875 e. The zero-order valence-electron chi connectivity index (χ0n) is 13.8. The van der Waals surface area contributed by atoms with E-state index in [0.717, 1.165) is 34.9 Å². The smallest absolute Gasteiger partial charge is 0.0875 e. The molecule has 3 nitrogen and oxygen atoms in total. The number of rotatable bonds is 3. The standard InChI is InChI=1S/C20H25N3/c1-13-5-18(17-3-2-4-21-17)23-19(13)12-22-20-9-14-6-15(10-20)8-16(7-14)11-20/h2-5,12,14-16,21-22H,6-11H2,1H3/b19-12-. The summed E-state index contributed by atoms with van der Waals surface area (Å²) in [6.45, 7) is 2.16. The molecule has 4 aliphatic carbocycles. The molecule has 2 heterocycles. The molecule has 1 aromatic heterocycles. The molecule has 0 spiro atoms. The van der Waals surface area contributed by atoms with Crippen molar-refractivity contribution in [3.63, 3.8) is 0 Å². The highest BCUT2D eigenvalue weighted by Gasteiger charge is 2.50. The molecular formula is C20H25N3. The molecule has 6 rings (SSSR count). The van der Waals surface area contributed by atoms with Gasteiger partial charge < -0.3 is 10.3 Å². The third-order valence-electron chi connectivity index (χ3n) is 6.43. The van der Waals surface area contributed by atoms with E-state index in [1.165, 1.54) is 44.1 Å². The van der Waals surface area contributed by atoms with Crippen molar-refractivity contribution in [2.45, 2.75) is 51.0 Å². The van der Waals surface area contributed by atoms with Gasteiger partial charge in [-0.2, -0.15) is 0 Å². The predicted molar refractivity (Wildman–Crippen MR) is 93.2 cm³/mol. The zero-order valence-corrected chi connectivity index (χ0v) is 13.8. The number of aliphatic imine (C=N–C) groups is 1. The Bertz CT molecular complexity index is 670. The third kappa shape index (κ3) is 2.29. The summed E-state index contributed by atoms with van der Waals surface area (Å²) in [6.07, 6.45) is 14.9. The molecular weight excluding hydrogens is 282 g/mol. The first-order valence-corrected chi connectivity index (χ1v) is 9.08. The summed E-state index contributed by atoms with van der Waals surface area (Å²) in [5.74, 6) is 2.93. The SMILES string of the molecule is CC1=CC(c2ccc[nH]2)=N/C1=C\NC12CC3CC(CC(C3)C1)C2. The second kappa shape index (κ2) is 4.86. The largest absolute Gasteiger partial charge is 0.384 e. The van der Waals surface area contributed by atoms with E-state index in [1.54, 1.807) is 0 Å². The molecule has 0 saturated heterocycles. The second-order valence-electron chi connectivity index (χ2n) is 8.28. The fraction of sp³-hybridized carbons (Fsp3) is 0.550. The highest BCUT2D eigenvalue weighted by atomic mass is 15.0. The Morgan fingerprint density at radius 1 is 1.17 bits per heavy atom. The van der Waals surface area contributed by atoms with Crippen LogP contribution in [0.4, 0.5) is 0 Å². The summed E-state index contributed by atoms with van der Waals surface area (Å²) >= 11 is 0. The van der Waals surface area contributed by atoms with Crippen LogP contribution in [0.25, 0.3) is 0 Å². The fourth-order valence-electron chi connectivity index (χ4n) is 5.81. The van der Waals surface area contributed by atoms with Crippen LogP contribution in [-0.2, 0) is 0 Å². The number of aromatic amines is 1. The molecule has 1 aliphatic heterocycles. The van der Waals surface area contributed by atoms with E-state index in [0.29, 0.717) is 5.54 Å². The second-order valence-corrected chi connectivity index (χ2v) is 8.28. The number of nitrogens with zero attached hydrogens (tertiary/aromatic N) is 1. The lowest BCUT2D eigenvalue weighted by Gasteiger charge is -2.57. The number of allylic oxidation sites excluding steroid dienone is 2. The number of hydrogen-bond acceptors (Lipinski definition) is 2. The molecule has 0 amide bonds. The van der Waals surface area contributed by atoms with Crippen LogP contribution >= 0.6 is 0 Å². The molecule has 0 unspecified atom stereocenters. The van der Waals surface area contributed by atoms with Crippen molar-refractivity contribution in [1.29, 1.82) is 0 Å². The third-order valence-corrected chi connectivity index (χ3v) is 6.43. The number of hydrogen-bond donors (Lipinski definition) is 2. The van der Waals surface area contributed by atoms with Crippen molar-refractivity contribution in [2.24, 2.45) is 22.7 Å². The highest BCUT2D eigenvalue weighted by molar-refractivity contribution is 6.10. The van der Waals surface area contributed by atoms with Gasteiger partial charge in [0.2, 0.25) is 0 Å². The summed E-state index contributed by atoms with van der Waals surface area (Å²) in [6, 6.07) is 4.11. The van der Waals surface area contributed by atoms with Crippen LogP contribution in [0.15, 0.2) is 46.9 Å². The minimum Gasteiger partial charge on any atom is -0.384 e. The molecule has 0 aromatic carbocycles. The number of aromatic nitrogens is 1. The van der Waals surface area contributed by atoms with Crippen molar-refractivity contribution < 1.29 is 0 Å². The molecule has 0 radical (unpaired) electrons. The van der Waals surface area contributed by atoms with Crippen molar-refractivity contribution >= 4 is 5.71 Å². The molecule has 4 saturated carbocycles. The highest BCUT2D eigenvalue weighted by Crippen LogP contribution is 2.55. The van der Waals surface area contributed by atoms with Gasteiger partial charge in [-0.1, -0.05) is 0 Å². The van der Waals surface area contributed by atoms with E-state index < -0.39 is 0 Å². The number of H-pyrrole nitrogens is 1. The first-order valence-electron chi connectivity index (χ1n) is 9.08. The van der Waals surface area contributed by atoms with E-state index in [-0.39, 0.29) is 0 Å². The minimum atomic E-state index is 0.368. The van der Waals surface area contributed by atoms with Gasteiger partial charge >= 0.3 is 0 Å². The van der Waals surface area contributed by atoms with Crippen LogP contribution < -0.4 is 5.32 Å². The molecule has 4 bridgehead atoms. The Balaban J connectivity index is 1.38. The van der Waals surface area contributed by atoms with Crippen LogP contribution in [0.2, 0.25) is 0 Å². The van der Waals surface area contributed by atoms with Crippen molar-refractivity contribution in [3.05, 3.63) is 47.6 Å². The molecule has 120 valence electrons. The van der Waals surface area contributed by atoms with Crippen LogP contribution in [0.1, 0.15) is 51.1 Å². The predicted octanol–water partition coefficient (Wildman–Crippen LogP) is 4.16. The maximum absolute atomic E-state index is 4.82. The van der Waals surface area contributed by atoms with E-state index >= 15 is 0 Å². The Labute approximate surface area is 138 Å². The number of nitrogens with one attached hydrogen (secondary N) is 2. The quantitative estimate of drug-likeness (QED) is 0.864. The fourth-order valence-corrected chi connectivity index (χ4v) is 5.81. The summed E-state index contributed by atoms with van der Waals surface area (Å²) < 4.78 is 0. The normalized spacial score (nSPS) is 39.7. The molecule has 5 aliphatic rings. The molecule has 0 atom stereocenters. The lowest BCUT2D eigenvalue weighted by Crippen LogP contribution is -2.57. The van der Waals surface area contributed by atoms with Gasteiger partial charge in [0.1, 0.15) is 0 Å². The molecule has 1 aromatic rings. The van der Waals surface area contributed by atoms with Crippen LogP contribution in [0.5, 0.6) is 0 Å². The van der Waals surface area contributed by atoms with Crippen LogP contribution in [0, 0.1) is 17.8 Å². The van der Waals surface area contributed by atoms with Gasteiger partial charge in [0.25, 0.3) is 0 Å². The first-order chi connectivity index (χ1) is 11.2. The Hall–Kier alpha value is -1.77. The average molecular weight is 307 g/mol. The average Bonchev–Trinajstić information content (AvgIpc) is 3.13. The lowest BCUT2D eigenvalue weighted by atomic mass is 9.53. The van der Waals surface area contributed by atoms with Crippen LogP contribution in [0.3, 0.4) is 0 Å². The molecule has 4 fully saturated rings. The monoisotopic (exact) mass is 307 g/mol. The van der Waals surface area contributed by atoms with Crippen LogP contribution in [-0.4, -0.2) is 16.2 Å². The van der Waals surface area contributed by atoms with Crippen molar-refractivity contribution in [2.75, 3.05) is 0 Å². The van der Waals surface area contributed by atoms with E-state index in [2.05, 4.69) is 35.6 Å². The van der Waals surface area contributed by atoms with Crippen molar-refractivity contribution in [3.8, 4) is 0 Å². The molecule has 3 heteroatoms. The zero-order chi connectivity index (χ0) is 15.4. The van der Waals surface area contributed by atoms with Gasteiger partial charge in [-0.05, 0) is 87.0 Å². The Kier molecular flexibility index (Phi) is 2.88. The van der Waals surface area contributed by atoms with E-state index in [1.807, 2.05) is 12.3 Å². The van der Waals surface area contributed by atoms with Gasteiger partial charge in [-0.15, -0.1) is 0 Å². The van der Waals surface area contributed by atoms with Gasteiger partial charge in [-0.3, -0.25) is 0 Å². The van der Waals surface area contributed by atoms with Gasteiger partial charge in [0, 0.05) is 17.9 Å². The molecule has 2 N–H and O–H groups in total.